The third-order valence-electron chi connectivity index (χ3n) is 3.08. The number of hydrogen-bond acceptors (Lipinski definition) is 3. The van der Waals surface area contributed by atoms with E-state index < -0.39 is 5.41 Å². The molecule has 1 amide bonds. The largest absolute Gasteiger partial charge is 0.491 e. The zero-order chi connectivity index (χ0) is 10.9. The van der Waals surface area contributed by atoms with Crippen molar-refractivity contribution in [3.63, 3.8) is 0 Å². The predicted molar refractivity (Wildman–Crippen MR) is 55.1 cm³/mol. The summed E-state index contributed by atoms with van der Waals surface area (Å²) in [7, 11) is 0. The molecule has 1 heterocycles. The Kier molecular flexibility index (Phi) is 2.34. The van der Waals surface area contributed by atoms with Gasteiger partial charge >= 0.3 is 0 Å². The minimum absolute atomic E-state index is 0.265. The van der Waals surface area contributed by atoms with Gasteiger partial charge in [-0.15, -0.1) is 0 Å². The van der Waals surface area contributed by atoms with E-state index in [2.05, 4.69) is 4.98 Å². The number of amides is 1. The number of nitrogens with zero attached hydrogens (tertiary/aromatic N) is 1. The van der Waals surface area contributed by atoms with Crippen LogP contribution in [-0.4, -0.2) is 17.5 Å². The summed E-state index contributed by atoms with van der Waals surface area (Å²) in [5, 5.41) is 0. The maximum atomic E-state index is 11.2. The highest BCUT2D eigenvalue weighted by molar-refractivity contribution is 5.84. The topological polar surface area (TPSA) is 65.2 Å². The summed E-state index contributed by atoms with van der Waals surface area (Å²) < 4.78 is 5.50. The molecular formula is C11H14N2O2. The number of hydrogen-bond donors (Lipinski definition) is 1. The summed E-state index contributed by atoms with van der Waals surface area (Å²) in [6.07, 6.45) is 4.13. The molecule has 2 rings (SSSR count). The van der Waals surface area contributed by atoms with E-state index in [4.69, 9.17) is 10.5 Å². The van der Waals surface area contributed by atoms with Crippen LogP contribution in [0.4, 0.5) is 0 Å². The van der Waals surface area contributed by atoms with Crippen molar-refractivity contribution in [2.24, 2.45) is 17.1 Å². The second-order valence-electron chi connectivity index (χ2n) is 4.10. The molecule has 1 aromatic rings. The first-order valence-electron chi connectivity index (χ1n) is 4.98. The van der Waals surface area contributed by atoms with Crippen LogP contribution in [0.1, 0.15) is 13.3 Å². The second kappa shape index (κ2) is 3.53. The maximum absolute atomic E-state index is 11.2. The molecule has 1 aliphatic rings. The van der Waals surface area contributed by atoms with Crippen LogP contribution < -0.4 is 10.5 Å². The third kappa shape index (κ3) is 1.79. The molecule has 0 bridgehead atoms. The number of rotatable bonds is 4. The molecule has 0 aromatic carbocycles. The number of carbonyl (C=O) groups is 1. The van der Waals surface area contributed by atoms with Crippen molar-refractivity contribution in [3.8, 4) is 5.75 Å². The molecule has 1 fully saturated rings. The Morgan fingerprint density at radius 2 is 2.53 bits per heavy atom. The maximum Gasteiger partial charge on any atom is 0.227 e. The Bertz CT molecular complexity index is 366. The Hall–Kier alpha value is -1.58. The normalized spacial score (nSPS) is 28.5. The third-order valence-corrected chi connectivity index (χ3v) is 3.08. The van der Waals surface area contributed by atoms with Gasteiger partial charge < -0.3 is 10.5 Å². The van der Waals surface area contributed by atoms with E-state index in [1.165, 1.54) is 0 Å². The first kappa shape index (κ1) is 9.96. The lowest BCUT2D eigenvalue weighted by Gasteiger charge is -2.13. The van der Waals surface area contributed by atoms with E-state index in [1.54, 1.807) is 18.5 Å². The minimum atomic E-state index is -0.449. The van der Waals surface area contributed by atoms with Gasteiger partial charge in [-0.25, -0.2) is 0 Å². The van der Waals surface area contributed by atoms with E-state index in [9.17, 15) is 4.79 Å². The summed E-state index contributed by atoms with van der Waals surface area (Å²) in [5.74, 6) is 0.739. The van der Waals surface area contributed by atoms with Crippen LogP contribution in [0.2, 0.25) is 0 Å². The van der Waals surface area contributed by atoms with Crippen molar-refractivity contribution in [3.05, 3.63) is 24.5 Å². The highest BCUT2D eigenvalue weighted by atomic mass is 16.5. The quantitative estimate of drug-likeness (QED) is 0.798. The molecule has 0 spiro atoms. The van der Waals surface area contributed by atoms with Gasteiger partial charge in [0.25, 0.3) is 0 Å². The first-order valence-corrected chi connectivity index (χ1v) is 4.98. The molecule has 0 aliphatic heterocycles. The van der Waals surface area contributed by atoms with Crippen molar-refractivity contribution in [1.82, 2.24) is 4.98 Å². The molecule has 4 nitrogen and oxygen atoms in total. The molecular weight excluding hydrogens is 192 g/mol. The molecule has 1 saturated carbocycles. The molecule has 2 N–H and O–H groups in total. The van der Waals surface area contributed by atoms with Crippen LogP contribution in [0.3, 0.4) is 0 Å². The molecule has 2 unspecified atom stereocenters. The van der Waals surface area contributed by atoms with E-state index in [0.29, 0.717) is 18.3 Å². The van der Waals surface area contributed by atoms with Gasteiger partial charge in [-0.1, -0.05) is 6.92 Å². The fraction of sp³-hybridized carbons (Fsp3) is 0.455. The zero-order valence-corrected chi connectivity index (χ0v) is 8.64. The van der Waals surface area contributed by atoms with Gasteiger partial charge in [-0.2, -0.15) is 0 Å². The summed E-state index contributed by atoms with van der Waals surface area (Å²) in [4.78, 5) is 15.2. The van der Waals surface area contributed by atoms with Crippen molar-refractivity contribution in [2.45, 2.75) is 13.3 Å². The van der Waals surface area contributed by atoms with Crippen LogP contribution in [-0.2, 0) is 4.79 Å². The second-order valence-corrected chi connectivity index (χ2v) is 4.10. The van der Waals surface area contributed by atoms with Crippen LogP contribution in [0.15, 0.2) is 24.5 Å². The molecule has 0 saturated heterocycles. The minimum Gasteiger partial charge on any atom is -0.491 e. The van der Waals surface area contributed by atoms with Crippen molar-refractivity contribution in [2.75, 3.05) is 6.61 Å². The molecule has 4 heteroatoms. The summed E-state index contributed by atoms with van der Waals surface area (Å²) in [6.45, 7) is 2.37. The average Bonchev–Trinajstić information content (AvgIpc) is 2.90. The van der Waals surface area contributed by atoms with Crippen molar-refractivity contribution >= 4 is 5.91 Å². The fourth-order valence-electron chi connectivity index (χ4n) is 1.75. The highest BCUT2D eigenvalue weighted by Gasteiger charge is 2.57. The van der Waals surface area contributed by atoms with Crippen LogP contribution >= 0.6 is 0 Å². The first-order chi connectivity index (χ1) is 7.15. The predicted octanol–water partition coefficient (Wildman–Crippen LogP) is 0.972. The lowest BCUT2D eigenvalue weighted by atomic mass is 10.1. The number of primary amides is 1. The van der Waals surface area contributed by atoms with Gasteiger partial charge in [0.2, 0.25) is 5.91 Å². The summed E-state index contributed by atoms with van der Waals surface area (Å²) >= 11 is 0. The Labute approximate surface area is 88.4 Å². The Morgan fingerprint density at radius 1 is 1.80 bits per heavy atom. The lowest BCUT2D eigenvalue weighted by molar-refractivity contribution is -0.124. The molecule has 0 radical (unpaired) electrons. The zero-order valence-electron chi connectivity index (χ0n) is 8.64. The Balaban J connectivity index is 1.97. The van der Waals surface area contributed by atoms with Gasteiger partial charge in [0.05, 0.1) is 11.6 Å². The summed E-state index contributed by atoms with van der Waals surface area (Å²) in [5.41, 5.74) is 4.90. The Morgan fingerprint density at radius 3 is 3.00 bits per heavy atom. The van der Waals surface area contributed by atoms with Gasteiger partial charge in [0.1, 0.15) is 12.4 Å². The van der Waals surface area contributed by atoms with Crippen LogP contribution in [0, 0.1) is 11.3 Å². The summed E-state index contributed by atoms with van der Waals surface area (Å²) in [6, 6.07) is 3.61. The number of ether oxygens (including phenoxy) is 1. The van der Waals surface area contributed by atoms with Crippen molar-refractivity contribution < 1.29 is 9.53 Å². The van der Waals surface area contributed by atoms with Crippen LogP contribution in [0.25, 0.3) is 0 Å². The number of pyridine rings is 1. The lowest BCUT2D eigenvalue weighted by Crippen LogP contribution is -2.31. The van der Waals surface area contributed by atoms with E-state index in [1.807, 2.05) is 13.0 Å². The van der Waals surface area contributed by atoms with Gasteiger partial charge in [0.15, 0.2) is 0 Å². The number of carbonyl (C=O) groups excluding carboxylic acids is 1. The van der Waals surface area contributed by atoms with Gasteiger partial charge in [-0.05, 0) is 24.5 Å². The van der Waals surface area contributed by atoms with Gasteiger partial charge in [0, 0.05) is 6.20 Å². The number of nitrogens with two attached hydrogens (primary N) is 1. The monoisotopic (exact) mass is 206 g/mol. The van der Waals surface area contributed by atoms with E-state index in [-0.39, 0.29) is 5.91 Å². The van der Waals surface area contributed by atoms with Crippen LogP contribution in [0.5, 0.6) is 5.75 Å². The van der Waals surface area contributed by atoms with Crippen molar-refractivity contribution in [1.29, 1.82) is 0 Å². The highest BCUT2D eigenvalue weighted by Crippen LogP contribution is 2.52. The molecule has 1 aliphatic carbocycles. The molecule has 15 heavy (non-hydrogen) atoms. The SMILES string of the molecule is CC1CC1(COc1cccnc1)C(N)=O. The van der Waals surface area contributed by atoms with E-state index >= 15 is 0 Å². The molecule has 80 valence electrons. The molecule has 1 aromatic heterocycles. The molecule has 2 atom stereocenters. The van der Waals surface area contributed by atoms with E-state index in [0.717, 1.165) is 6.42 Å². The standard InChI is InChI=1S/C11H14N2O2/c1-8-5-11(8,10(12)14)7-15-9-3-2-4-13-6-9/h2-4,6,8H,5,7H2,1H3,(H2,12,14). The fourth-order valence-corrected chi connectivity index (χ4v) is 1.75. The van der Waals surface area contributed by atoms with Gasteiger partial charge in [-0.3, -0.25) is 9.78 Å². The number of aromatic nitrogens is 1. The average molecular weight is 206 g/mol. The smallest absolute Gasteiger partial charge is 0.227 e.